The van der Waals surface area contributed by atoms with Gasteiger partial charge in [-0.1, -0.05) is 55.5 Å². The van der Waals surface area contributed by atoms with E-state index in [0.717, 1.165) is 55.9 Å². The summed E-state index contributed by atoms with van der Waals surface area (Å²) in [7, 11) is 0. The molecule has 1 amide bonds. The summed E-state index contributed by atoms with van der Waals surface area (Å²) in [4.78, 5) is 15.2. The maximum atomic E-state index is 13.2. The van der Waals surface area contributed by atoms with Gasteiger partial charge >= 0.3 is 0 Å². The molecule has 1 N–H and O–H groups in total. The number of rotatable bonds is 5. The van der Waals surface area contributed by atoms with Crippen molar-refractivity contribution in [2.45, 2.75) is 25.9 Å². The van der Waals surface area contributed by atoms with Gasteiger partial charge in [-0.2, -0.15) is 0 Å². The van der Waals surface area contributed by atoms with Crippen LogP contribution in [0.2, 0.25) is 0 Å². The van der Waals surface area contributed by atoms with Gasteiger partial charge in [0.2, 0.25) is 6.10 Å². The molecule has 2 aromatic carbocycles. The van der Waals surface area contributed by atoms with E-state index >= 15 is 0 Å². The van der Waals surface area contributed by atoms with E-state index in [1.807, 2.05) is 53.4 Å². The van der Waals surface area contributed by atoms with Crippen molar-refractivity contribution in [2.75, 3.05) is 26.2 Å². The Morgan fingerprint density at radius 2 is 1.81 bits per heavy atom. The van der Waals surface area contributed by atoms with Gasteiger partial charge in [0, 0.05) is 25.2 Å². The van der Waals surface area contributed by atoms with Crippen molar-refractivity contribution >= 4 is 18.3 Å². The summed E-state index contributed by atoms with van der Waals surface area (Å²) in [6.45, 7) is 5.38. The van der Waals surface area contributed by atoms with Crippen molar-refractivity contribution in [1.82, 2.24) is 10.2 Å². The van der Waals surface area contributed by atoms with Gasteiger partial charge in [-0.05, 0) is 31.0 Å². The molecule has 3 rings (SSSR count). The average molecular weight is 375 g/mol. The highest BCUT2D eigenvalue weighted by atomic mass is 35.5. The normalized spacial score (nSPS) is 15.5. The number of nitrogens with zero attached hydrogens (tertiary/aromatic N) is 1. The van der Waals surface area contributed by atoms with Crippen LogP contribution in [0.4, 0.5) is 0 Å². The molecule has 1 unspecified atom stereocenters. The summed E-state index contributed by atoms with van der Waals surface area (Å²) >= 11 is 0. The Hall–Kier alpha value is -2.04. The second kappa shape index (κ2) is 10.2. The fourth-order valence-electron chi connectivity index (χ4n) is 3.16. The maximum absolute atomic E-state index is 13.2. The first-order valence-electron chi connectivity index (χ1n) is 9.08. The summed E-state index contributed by atoms with van der Waals surface area (Å²) in [5, 5.41) is 3.34. The first kappa shape index (κ1) is 20.3. The molecule has 1 aliphatic heterocycles. The van der Waals surface area contributed by atoms with E-state index in [4.69, 9.17) is 4.74 Å². The number of nitrogens with one attached hydrogen (secondary N) is 1. The van der Waals surface area contributed by atoms with Crippen LogP contribution in [-0.4, -0.2) is 37.0 Å². The second-order valence-corrected chi connectivity index (χ2v) is 6.30. The highest BCUT2D eigenvalue weighted by Crippen LogP contribution is 2.27. The van der Waals surface area contributed by atoms with Crippen molar-refractivity contribution in [1.29, 1.82) is 0 Å². The molecule has 0 saturated carbocycles. The highest BCUT2D eigenvalue weighted by Gasteiger charge is 2.28. The van der Waals surface area contributed by atoms with Crippen molar-refractivity contribution in [2.24, 2.45) is 0 Å². The summed E-state index contributed by atoms with van der Waals surface area (Å²) in [6, 6.07) is 17.8. The Morgan fingerprint density at radius 3 is 2.58 bits per heavy atom. The number of carbonyl (C=O) groups is 1. The van der Waals surface area contributed by atoms with Gasteiger partial charge in [-0.25, -0.2) is 0 Å². The molecule has 1 fully saturated rings. The number of benzene rings is 2. The van der Waals surface area contributed by atoms with E-state index in [-0.39, 0.29) is 18.3 Å². The monoisotopic (exact) mass is 374 g/mol. The molecule has 0 radical (unpaired) electrons. The van der Waals surface area contributed by atoms with E-state index in [1.165, 1.54) is 0 Å². The molecule has 1 heterocycles. The predicted octanol–water partition coefficient (Wildman–Crippen LogP) is 3.61. The topological polar surface area (TPSA) is 41.6 Å². The zero-order valence-corrected chi connectivity index (χ0v) is 16.0. The lowest BCUT2D eigenvalue weighted by Crippen LogP contribution is -2.39. The molecule has 1 aliphatic rings. The first-order chi connectivity index (χ1) is 12.3. The van der Waals surface area contributed by atoms with E-state index in [0.29, 0.717) is 0 Å². The Kier molecular flexibility index (Phi) is 7.95. The Bertz CT molecular complexity index is 685. The number of amides is 1. The lowest BCUT2D eigenvalue weighted by molar-refractivity contribution is -0.138. The maximum Gasteiger partial charge on any atom is 0.268 e. The lowest BCUT2D eigenvalue weighted by Gasteiger charge is -2.27. The van der Waals surface area contributed by atoms with Crippen molar-refractivity contribution in [3.63, 3.8) is 0 Å². The molecule has 26 heavy (non-hydrogen) atoms. The highest BCUT2D eigenvalue weighted by molar-refractivity contribution is 5.85. The number of ether oxygens (including phenoxy) is 1. The van der Waals surface area contributed by atoms with Crippen LogP contribution in [-0.2, 0) is 11.2 Å². The zero-order valence-electron chi connectivity index (χ0n) is 15.2. The summed E-state index contributed by atoms with van der Waals surface area (Å²) in [6.07, 6.45) is 1.24. The van der Waals surface area contributed by atoms with E-state index < -0.39 is 6.10 Å². The lowest BCUT2D eigenvalue weighted by atomic mass is 10.1. The van der Waals surface area contributed by atoms with E-state index in [9.17, 15) is 4.79 Å². The zero-order chi connectivity index (χ0) is 17.5. The molecule has 2 aromatic rings. The molecule has 1 atom stereocenters. The van der Waals surface area contributed by atoms with Crippen LogP contribution >= 0.6 is 12.4 Å². The fraction of sp³-hybridized carbons (Fsp3) is 0.381. The van der Waals surface area contributed by atoms with E-state index in [1.54, 1.807) is 0 Å². The van der Waals surface area contributed by atoms with Crippen molar-refractivity contribution in [3.8, 4) is 5.75 Å². The van der Waals surface area contributed by atoms with Crippen LogP contribution in [0.1, 0.15) is 30.6 Å². The first-order valence-corrected chi connectivity index (χ1v) is 9.08. The van der Waals surface area contributed by atoms with Gasteiger partial charge in [0.1, 0.15) is 5.75 Å². The fourth-order valence-corrected chi connectivity index (χ4v) is 3.16. The Labute approximate surface area is 162 Å². The molecule has 4 nitrogen and oxygen atoms in total. The molecular formula is C21H27ClN2O2. The summed E-state index contributed by atoms with van der Waals surface area (Å²) in [5.41, 5.74) is 2.02. The van der Waals surface area contributed by atoms with Crippen LogP contribution < -0.4 is 10.1 Å². The third kappa shape index (κ3) is 4.99. The minimum atomic E-state index is -0.605. The van der Waals surface area contributed by atoms with Crippen LogP contribution in [0.25, 0.3) is 0 Å². The van der Waals surface area contributed by atoms with Crippen LogP contribution in [0.15, 0.2) is 54.6 Å². The Balaban J connectivity index is 0.00000243. The molecule has 0 spiro atoms. The molecular weight excluding hydrogens is 348 g/mol. The smallest absolute Gasteiger partial charge is 0.268 e. The standard InChI is InChI=1S/C21H26N2O2.ClH/c1-2-17-9-6-7-12-19(17)25-20(18-10-4-3-5-11-18)21(24)23-15-8-13-22-14-16-23;/h3-7,9-12,20,22H,2,8,13-16H2,1H3;1H. The third-order valence-corrected chi connectivity index (χ3v) is 4.58. The SMILES string of the molecule is CCc1ccccc1OC(C(=O)N1CCCNCC1)c1ccccc1.Cl. The molecule has 0 bridgehead atoms. The van der Waals surface area contributed by atoms with E-state index in [2.05, 4.69) is 18.3 Å². The minimum Gasteiger partial charge on any atom is -0.476 e. The van der Waals surface area contributed by atoms with Crippen LogP contribution in [0.5, 0.6) is 5.75 Å². The Morgan fingerprint density at radius 1 is 1.08 bits per heavy atom. The third-order valence-electron chi connectivity index (χ3n) is 4.58. The van der Waals surface area contributed by atoms with Crippen LogP contribution in [0.3, 0.4) is 0 Å². The number of aryl methyl sites for hydroxylation is 1. The summed E-state index contributed by atoms with van der Waals surface area (Å²) in [5.74, 6) is 0.834. The number of hydrogen-bond donors (Lipinski definition) is 1. The molecule has 0 aliphatic carbocycles. The number of halogens is 1. The molecule has 0 aromatic heterocycles. The molecule has 5 heteroatoms. The second-order valence-electron chi connectivity index (χ2n) is 6.30. The van der Waals surface area contributed by atoms with Gasteiger partial charge in [0.25, 0.3) is 5.91 Å². The van der Waals surface area contributed by atoms with Crippen molar-refractivity contribution < 1.29 is 9.53 Å². The van der Waals surface area contributed by atoms with Gasteiger partial charge in [-0.3, -0.25) is 4.79 Å². The number of carbonyl (C=O) groups excluding carboxylic acids is 1. The van der Waals surface area contributed by atoms with Gasteiger partial charge in [0.05, 0.1) is 0 Å². The largest absolute Gasteiger partial charge is 0.476 e. The predicted molar refractivity (Wildman–Crippen MR) is 107 cm³/mol. The van der Waals surface area contributed by atoms with Crippen LogP contribution in [0, 0.1) is 0 Å². The number of para-hydroxylation sites is 1. The summed E-state index contributed by atoms with van der Waals surface area (Å²) < 4.78 is 6.27. The van der Waals surface area contributed by atoms with Gasteiger partial charge in [0.15, 0.2) is 0 Å². The quantitative estimate of drug-likeness (QED) is 0.869. The number of hydrogen-bond acceptors (Lipinski definition) is 3. The minimum absolute atomic E-state index is 0. The molecule has 140 valence electrons. The van der Waals surface area contributed by atoms with Crippen molar-refractivity contribution in [3.05, 3.63) is 65.7 Å². The van der Waals surface area contributed by atoms with Gasteiger partial charge < -0.3 is 15.0 Å². The van der Waals surface area contributed by atoms with Gasteiger partial charge in [-0.15, -0.1) is 12.4 Å². The average Bonchev–Trinajstić information content (AvgIpc) is 2.96. The molecule has 1 saturated heterocycles.